The molecule has 0 saturated carbocycles. The van der Waals surface area contributed by atoms with Crippen LogP contribution in [-0.2, 0) is 18.5 Å². The molecule has 2 aromatic heterocycles. The monoisotopic (exact) mass is 273 g/mol. The van der Waals surface area contributed by atoms with Crippen LogP contribution in [0.5, 0.6) is 0 Å². The average molecular weight is 273 g/mol. The zero-order valence-corrected chi connectivity index (χ0v) is 12.1. The molecule has 1 saturated heterocycles. The van der Waals surface area contributed by atoms with E-state index in [2.05, 4.69) is 31.3 Å². The number of aromatic nitrogens is 4. The van der Waals surface area contributed by atoms with Gasteiger partial charge in [0, 0.05) is 49.3 Å². The van der Waals surface area contributed by atoms with E-state index < -0.39 is 0 Å². The van der Waals surface area contributed by atoms with E-state index in [9.17, 15) is 0 Å². The van der Waals surface area contributed by atoms with Crippen molar-refractivity contribution in [1.82, 2.24) is 24.4 Å². The third-order valence-electron chi connectivity index (χ3n) is 4.32. The fourth-order valence-electron chi connectivity index (χ4n) is 3.03. The van der Waals surface area contributed by atoms with Crippen molar-refractivity contribution in [2.24, 2.45) is 0 Å². The predicted octanol–water partition coefficient (Wildman–Crippen LogP) is 1.81. The number of nitrogens with one attached hydrogen (secondary N) is 1. The van der Waals surface area contributed by atoms with Gasteiger partial charge >= 0.3 is 0 Å². The second-order valence-electron chi connectivity index (χ2n) is 5.97. The maximum absolute atomic E-state index is 4.36. The Morgan fingerprint density at radius 2 is 2.15 bits per heavy atom. The fourth-order valence-corrected chi connectivity index (χ4v) is 3.03. The largest absolute Gasteiger partial charge is 0.337 e. The van der Waals surface area contributed by atoms with Crippen LogP contribution in [-0.4, -0.2) is 32.2 Å². The standard InChI is InChI=1S/C15H23N5/c1-15(4-5-16-11-15)14-10-18-13-20(14)8-3-2-7-19-9-6-17-12-19/h6,9-10,12-13,16H,2-5,7-8,11H2,1H3. The summed E-state index contributed by atoms with van der Waals surface area (Å²) in [6, 6.07) is 0. The van der Waals surface area contributed by atoms with E-state index in [4.69, 9.17) is 0 Å². The summed E-state index contributed by atoms with van der Waals surface area (Å²) in [6.07, 6.45) is 13.3. The molecule has 2 aromatic rings. The van der Waals surface area contributed by atoms with E-state index in [-0.39, 0.29) is 5.41 Å². The van der Waals surface area contributed by atoms with Crippen LogP contribution in [0, 0.1) is 0 Å². The first-order chi connectivity index (χ1) is 9.78. The Kier molecular flexibility index (Phi) is 3.87. The van der Waals surface area contributed by atoms with Crippen LogP contribution in [0.3, 0.4) is 0 Å². The van der Waals surface area contributed by atoms with Crippen molar-refractivity contribution in [1.29, 1.82) is 0 Å². The number of aryl methyl sites for hydroxylation is 2. The molecule has 1 unspecified atom stereocenters. The molecule has 20 heavy (non-hydrogen) atoms. The molecule has 0 radical (unpaired) electrons. The highest BCUT2D eigenvalue weighted by molar-refractivity contribution is 5.17. The summed E-state index contributed by atoms with van der Waals surface area (Å²) in [6.45, 7) is 6.62. The first-order valence-corrected chi connectivity index (χ1v) is 7.45. The van der Waals surface area contributed by atoms with Crippen molar-refractivity contribution in [3.63, 3.8) is 0 Å². The van der Waals surface area contributed by atoms with Gasteiger partial charge in [0.05, 0.1) is 12.7 Å². The average Bonchev–Trinajstić information content (AvgIpc) is 3.16. The lowest BCUT2D eigenvalue weighted by Gasteiger charge is -2.24. The summed E-state index contributed by atoms with van der Waals surface area (Å²) in [5, 5.41) is 3.46. The van der Waals surface area contributed by atoms with Gasteiger partial charge in [-0.3, -0.25) is 0 Å². The van der Waals surface area contributed by atoms with Crippen LogP contribution >= 0.6 is 0 Å². The van der Waals surface area contributed by atoms with Gasteiger partial charge in [-0.05, 0) is 25.8 Å². The van der Waals surface area contributed by atoms with E-state index in [1.165, 1.54) is 25.0 Å². The normalized spacial score (nSPS) is 22.4. The summed E-state index contributed by atoms with van der Waals surface area (Å²) in [5.74, 6) is 0. The second-order valence-corrected chi connectivity index (χ2v) is 5.97. The number of hydrogen-bond acceptors (Lipinski definition) is 3. The Labute approximate surface area is 120 Å². The minimum Gasteiger partial charge on any atom is -0.337 e. The van der Waals surface area contributed by atoms with Crippen LogP contribution in [0.1, 0.15) is 31.9 Å². The third-order valence-corrected chi connectivity index (χ3v) is 4.32. The molecule has 5 heteroatoms. The van der Waals surface area contributed by atoms with Crippen molar-refractivity contribution in [2.45, 2.75) is 44.7 Å². The van der Waals surface area contributed by atoms with Gasteiger partial charge in [-0.25, -0.2) is 9.97 Å². The molecule has 0 bridgehead atoms. The molecule has 1 aliphatic rings. The molecule has 1 atom stereocenters. The molecule has 5 nitrogen and oxygen atoms in total. The molecule has 3 heterocycles. The Bertz CT molecular complexity index is 522. The van der Waals surface area contributed by atoms with Gasteiger partial charge in [0.25, 0.3) is 0 Å². The van der Waals surface area contributed by atoms with E-state index in [0.717, 1.165) is 26.2 Å². The molecule has 1 N–H and O–H groups in total. The number of hydrogen-bond donors (Lipinski definition) is 1. The highest BCUT2D eigenvalue weighted by Crippen LogP contribution is 2.29. The number of imidazole rings is 2. The highest BCUT2D eigenvalue weighted by atomic mass is 15.1. The van der Waals surface area contributed by atoms with Crippen molar-refractivity contribution < 1.29 is 0 Å². The lowest BCUT2D eigenvalue weighted by molar-refractivity contribution is 0.458. The smallest absolute Gasteiger partial charge is 0.0948 e. The lowest BCUT2D eigenvalue weighted by atomic mass is 9.86. The van der Waals surface area contributed by atoms with Gasteiger partial charge < -0.3 is 14.5 Å². The fraction of sp³-hybridized carbons (Fsp3) is 0.600. The minimum atomic E-state index is 0.251. The van der Waals surface area contributed by atoms with Gasteiger partial charge in [-0.15, -0.1) is 0 Å². The molecule has 0 spiro atoms. The molecule has 0 aromatic carbocycles. The predicted molar refractivity (Wildman–Crippen MR) is 78.5 cm³/mol. The molecular formula is C15H23N5. The maximum Gasteiger partial charge on any atom is 0.0948 e. The lowest BCUT2D eigenvalue weighted by Crippen LogP contribution is -2.28. The molecule has 0 amide bonds. The zero-order valence-electron chi connectivity index (χ0n) is 12.1. The Hall–Kier alpha value is -1.62. The van der Waals surface area contributed by atoms with Crippen molar-refractivity contribution >= 4 is 0 Å². The summed E-state index contributed by atoms with van der Waals surface area (Å²) in [7, 11) is 0. The summed E-state index contributed by atoms with van der Waals surface area (Å²) in [5.41, 5.74) is 1.63. The number of rotatable bonds is 6. The second kappa shape index (κ2) is 5.79. The van der Waals surface area contributed by atoms with Crippen LogP contribution in [0.15, 0.2) is 31.2 Å². The van der Waals surface area contributed by atoms with Crippen molar-refractivity contribution in [3.05, 3.63) is 36.9 Å². The third kappa shape index (κ3) is 2.77. The summed E-state index contributed by atoms with van der Waals surface area (Å²) >= 11 is 0. The van der Waals surface area contributed by atoms with Crippen LogP contribution in [0.4, 0.5) is 0 Å². The van der Waals surface area contributed by atoms with Gasteiger partial charge in [0.15, 0.2) is 0 Å². The van der Waals surface area contributed by atoms with Crippen LogP contribution < -0.4 is 5.32 Å². The quantitative estimate of drug-likeness (QED) is 0.817. The number of unbranched alkanes of at least 4 members (excludes halogenated alkanes) is 1. The topological polar surface area (TPSA) is 47.7 Å². The highest BCUT2D eigenvalue weighted by Gasteiger charge is 2.33. The van der Waals surface area contributed by atoms with Crippen molar-refractivity contribution in [2.75, 3.05) is 13.1 Å². The van der Waals surface area contributed by atoms with E-state index in [1.807, 2.05) is 31.2 Å². The first kappa shape index (κ1) is 13.4. The van der Waals surface area contributed by atoms with Gasteiger partial charge in [-0.2, -0.15) is 0 Å². The molecule has 1 fully saturated rings. The van der Waals surface area contributed by atoms with E-state index in [1.54, 1.807) is 0 Å². The molecule has 108 valence electrons. The van der Waals surface area contributed by atoms with E-state index >= 15 is 0 Å². The summed E-state index contributed by atoms with van der Waals surface area (Å²) < 4.78 is 4.47. The Morgan fingerprint density at radius 1 is 1.25 bits per heavy atom. The molecule has 3 rings (SSSR count). The first-order valence-electron chi connectivity index (χ1n) is 7.45. The zero-order chi connectivity index (χ0) is 13.8. The van der Waals surface area contributed by atoms with E-state index in [0.29, 0.717) is 0 Å². The van der Waals surface area contributed by atoms with Gasteiger partial charge in [-0.1, -0.05) is 6.92 Å². The number of nitrogens with zero attached hydrogens (tertiary/aromatic N) is 4. The van der Waals surface area contributed by atoms with Crippen molar-refractivity contribution in [3.8, 4) is 0 Å². The van der Waals surface area contributed by atoms with Crippen LogP contribution in [0.25, 0.3) is 0 Å². The molecule has 1 aliphatic heterocycles. The van der Waals surface area contributed by atoms with Gasteiger partial charge in [0.1, 0.15) is 0 Å². The molecular weight excluding hydrogens is 250 g/mol. The SMILES string of the molecule is CC1(c2cncn2CCCCn2ccnc2)CCNC1. The molecule has 0 aliphatic carbocycles. The minimum absolute atomic E-state index is 0.251. The Morgan fingerprint density at radius 3 is 2.90 bits per heavy atom. The van der Waals surface area contributed by atoms with Gasteiger partial charge in [0.2, 0.25) is 0 Å². The van der Waals surface area contributed by atoms with Crippen LogP contribution in [0.2, 0.25) is 0 Å². The Balaban J connectivity index is 1.54. The maximum atomic E-state index is 4.36. The summed E-state index contributed by atoms with van der Waals surface area (Å²) in [4.78, 5) is 8.43.